The molecule has 0 radical (unpaired) electrons. The number of hydrogen-bond donors (Lipinski definition) is 0. The van der Waals surface area contributed by atoms with Crippen LogP contribution >= 0.6 is 11.8 Å². The molecule has 0 spiro atoms. The van der Waals surface area contributed by atoms with Gasteiger partial charge in [0.05, 0.1) is 14.2 Å². The Kier molecular flexibility index (Phi) is 5.27. The van der Waals surface area contributed by atoms with Gasteiger partial charge in [0.1, 0.15) is 16.9 Å². The van der Waals surface area contributed by atoms with Crippen molar-refractivity contribution in [3.63, 3.8) is 0 Å². The van der Waals surface area contributed by atoms with Gasteiger partial charge in [-0.25, -0.2) is 0 Å². The minimum absolute atomic E-state index is 0.0000926. The van der Waals surface area contributed by atoms with E-state index in [1.54, 1.807) is 26.0 Å². The van der Waals surface area contributed by atoms with Gasteiger partial charge in [-0.3, -0.25) is 4.79 Å². The summed E-state index contributed by atoms with van der Waals surface area (Å²) in [6.07, 6.45) is 0.552. The number of carbonyl (C=O) groups excluding carboxylic acids is 1. The van der Waals surface area contributed by atoms with Crippen molar-refractivity contribution in [3.05, 3.63) is 23.8 Å². The zero-order valence-corrected chi connectivity index (χ0v) is 14.8. The number of carbonyl (C=O) groups is 1. The third-order valence-electron chi connectivity index (χ3n) is 3.60. The summed E-state index contributed by atoms with van der Waals surface area (Å²) in [7, 11) is 3.31. The molecule has 22 heavy (non-hydrogen) atoms. The first-order valence-corrected chi connectivity index (χ1v) is 8.53. The summed E-state index contributed by atoms with van der Waals surface area (Å²) in [6.45, 7) is 7.06. The van der Waals surface area contributed by atoms with Crippen LogP contribution in [0.2, 0.25) is 0 Å². The van der Waals surface area contributed by atoms with Crippen LogP contribution < -0.4 is 9.47 Å². The van der Waals surface area contributed by atoms with Crippen molar-refractivity contribution >= 4 is 17.7 Å². The summed E-state index contributed by atoms with van der Waals surface area (Å²) in [5.41, 5.74) is 1.000. The zero-order chi connectivity index (χ0) is 16.3. The Labute approximate surface area is 137 Å². The Morgan fingerprint density at radius 2 is 2.05 bits per heavy atom. The van der Waals surface area contributed by atoms with Gasteiger partial charge in [0.25, 0.3) is 0 Å². The molecule has 1 aliphatic rings. The monoisotopic (exact) mass is 323 g/mol. The van der Waals surface area contributed by atoms with Crippen molar-refractivity contribution in [1.29, 1.82) is 0 Å². The average Bonchev–Trinajstić information content (AvgIpc) is 2.94. The number of benzene rings is 1. The van der Waals surface area contributed by atoms with Crippen LogP contribution in [0.25, 0.3) is 0 Å². The van der Waals surface area contributed by atoms with Gasteiger partial charge < -0.3 is 14.4 Å². The average molecular weight is 323 g/mol. The molecule has 1 atom stereocenters. The van der Waals surface area contributed by atoms with Gasteiger partial charge in [0.2, 0.25) is 5.91 Å². The van der Waals surface area contributed by atoms with E-state index in [1.165, 1.54) is 0 Å². The number of ether oxygens (including phenoxy) is 2. The molecule has 0 aliphatic carbocycles. The second-order valence-electron chi connectivity index (χ2n) is 6.66. The van der Waals surface area contributed by atoms with Crippen molar-refractivity contribution < 1.29 is 14.3 Å². The molecule has 1 amide bonds. The van der Waals surface area contributed by atoms with Crippen LogP contribution in [0.4, 0.5) is 0 Å². The van der Waals surface area contributed by atoms with Crippen LogP contribution in [0.3, 0.4) is 0 Å². The van der Waals surface area contributed by atoms with E-state index in [-0.39, 0.29) is 16.7 Å². The summed E-state index contributed by atoms with van der Waals surface area (Å²) < 4.78 is 10.8. The van der Waals surface area contributed by atoms with Crippen LogP contribution in [0.1, 0.15) is 38.1 Å². The summed E-state index contributed by atoms with van der Waals surface area (Å²) in [5.74, 6) is 2.73. The van der Waals surface area contributed by atoms with Gasteiger partial charge in [0, 0.05) is 24.3 Å². The molecule has 5 heteroatoms. The van der Waals surface area contributed by atoms with Gasteiger partial charge in [0.15, 0.2) is 0 Å². The van der Waals surface area contributed by atoms with Gasteiger partial charge in [-0.2, -0.15) is 0 Å². The van der Waals surface area contributed by atoms with Crippen molar-refractivity contribution in [2.45, 2.75) is 32.6 Å². The van der Waals surface area contributed by atoms with E-state index < -0.39 is 0 Å². The molecule has 1 saturated heterocycles. The molecule has 1 heterocycles. The van der Waals surface area contributed by atoms with Gasteiger partial charge >= 0.3 is 0 Å². The van der Waals surface area contributed by atoms with Crippen LogP contribution in [0.5, 0.6) is 11.5 Å². The Morgan fingerprint density at radius 1 is 1.32 bits per heavy atom. The third kappa shape index (κ3) is 3.88. The number of hydrogen-bond acceptors (Lipinski definition) is 4. The summed E-state index contributed by atoms with van der Waals surface area (Å²) >= 11 is 1.78. The number of amides is 1. The molecular formula is C17H25NO3S. The number of nitrogens with zero attached hydrogens (tertiary/aromatic N) is 1. The molecule has 122 valence electrons. The Morgan fingerprint density at radius 3 is 2.64 bits per heavy atom. The molecule has 0 aromatic heterocycles. The maximum absolute atomic E-state index is 12.6. The molecule has 1 unspecified atom stereocenters. The van der Waals surface area contributed by atoms with Crippen LogP contribution in [0.15, 0.2) is 18.2 Å². The zero-order valence-electron chi connectivity index (χ0n) is 14.0. The number of methoxy groups -OCH3 is 2. The van der Waals surface area contributed by atoms with E-state index >= 15 is 0 Å². The fraction of sp³-hybridized carbons (Fsp3) is 0.588. The normalized spacial score (nSPS) is 18.4. The second kappa shape index (κ2) is 6.82. The summed E-state index contributed by atoms with van der Waals surface area (Å²) in [4.78, 5) is 14.6. The lowest BCUT2D eigenvalue weighted by atomic mass is 9.91. The van der Waals surface area contributed by atoms with E-state index in [4.69, 9.17) is 9.47 Å². The van der Waals surface area contributed by atoms with E-state index in [0.29, 0.717) is 6.42 Å². The van der Waals surface area contributed by atoms with E-state index in [1.807, 2.05) is 23.1 Å². The lowest BCUT2D eigenvalue weighted by Crippen LogP contribution is -2.33. The maximum Gasteiger partial charge on any atom is 0.224 e. The Bertz CT molecular complexity index is 539. The van der Waals surface area contributed by atoms with E-state index in [2.05, 4.69) is 20.8 Å². The second-order valence-corrected chi connectivity index (χ2v) is 7.84. The van der Waals surface area contributed by atoms with Crippen LogP contribution in [-0.2, 0) is 4.79 Å². The van der Waals surface area contributed by atoms with Crippen molar-refractivity contribution in [1.82, 2.24) is 4.90 Å². The van der Waals surface area contributed by atoms with E-state index in [9.17, 15) is 4.79 Å². The van der Waals surface area contributed by atoms with Gasteiger partial charge in [-0.1, -0.05) is 20.8 Å². The van der Waals surface area contributed by atoms with Crippen molar-refractivity contribution in [2.75, 3.05) is 26.5 Å². The molecular weight excluding hydrogens is 298 g/mol. The van der Waals surface area contributed by atoms with Crippen molar-refractivity contribution in [3.8, 4) is 11.5 Å². The highest BCUT2D eigenvalue weighted by molar-refractivity contribution is 7.99. The summed E-state index contributed by atoms with van der Waals surface area (Å²) in [5, 5.41) is -0.0000926. The highest BCUT2D eigenvalue weighted by atomic mass is 32.2. The minimum atomic E-state index is -0.00659. The molecule has 0 bridgehead atoms. The maximum atomic E-state index is 12.6. The molecule has 1 aliphatic heterocycles. The SMILES string of the molecule is COc1ccc(OC)c(C2SCCN2C(=O)CC(C)(C)C)c1. The smallest absolute Gasteiger partial charge is 0.224 e. The third-order valence-corrected chi connectivity index (χ3v) is 4.84. The lowest BCUT2D eigenvalue weighted by Gasteiger charge is -2.28. The molecule has 1 aromatic carbocycles. The first-order valence-electron chi connectivity index (χ1n) is 7.49. The first-order chi connectivity index (χ1) is 10.4. The predicted molar refractivity (Wildman–Crippen MR) is 90.5 cm³/mol. The standard InChI is InChI=1S/C17H25NO3S/c1-17(2,3)11-15(19)18-8-9-22-16(18)13-10-12(20-4)6-7-14(13)21-5/h6-7,10,16H,8-9,11H2,1-5H3. The molecule has 1 fully saturated rings. The molecule has 2 rings (SSSR count). The quantitative estimate of drug-likeness (QED) is 0.846. The fourth-order valence-electron chi connectivity index (χ4n) is 2.57. The largest absolute Gasteiger partial charge is 0.497 e. The first kappa shape index (κ1) is 17.0. The molecule has 1 aromatic rings. The van der Waals surface area contributed by atoms with Crippen molar-refractivity contribution in [2.24, 2.45) is 5.41 Å². The number of thioether (sulfide) groups is 1. The predicted octanol–water partition coefficient (Wildman–Crippen LogP) is 3.71. The lowest BCUT2D eigenvalue weighted by molar-refractivity contribution is -0.133. The van der Waals surface area contributed by atoms with Gasteiger partial charge in [-0.05, 0) is 23.6 Å². The number of rotatable bonds is 4. The van der Waals surface area contributed by atoms with Gasteiger partial charge in [-0.15, -0.1) is 11.8 Å². The topological polar surface area (TPSA) is 38.8 Å². The Hall–Kier alpha value is -1.36. The molecule has 0 N–H and O–H groups in total. The highest BCUT2D eigenvalue weighted by Gasteiger charge is 2.34. The van der Waals surface area contributed by atoms with E-state index in [0.717, 1.165) is 29.4 Å². The highest BCUT2D eigenvalue weighted by Crippen LogP contribution is 2.44. The van der Waals surface area contributed by atoms with Crippen LogP contribution in [0, 0.1) is 5.41 Å². The molecule has 4 nitrogen and oxygen atoms in total. The fourth-order valence-corrected chi connectivity index (χ4v) is 3.86. The minimum Gasteiger partial charge on any atom is -0.497 e. The Balaban J connectivity index is 2.28. The molecule has 0 saturated carbocycles. The summed E-state index contributed by atoms with van der Waals surface area (Å²) in [6, 6.07) is 5.75. The van der Waals surface area contributed by atoms with Crippen LogP contribution in [-0.4, -0.2) is 37.3 Å².